The molecule has 0 amide bonds. The molecule has 0 fully saturated rings. The molecule has 0 N–H and O–H groups in total. The van der Waals surface area contributed by atoms with Crippen molar-refractivity contribution in [3.8, 4) is 22.8 Å². The van der Waals surface area contributed by atoms with Crippen LogP contribution >= 0.6 is 11.6 Å². The van der Waals surface area contributed by atoms with Crippen LogP contribution in [0.4, 0.5) is 0 Å². The summed E-state index contributed by atoms with van der Waals surface area (Å²) in [5, 5.41) is 5.11. The van der Waals surface area contributed by atoms with Crippen LogP contribution in [0.2, 0.25) is 5.02 Å². The Morgan fingerprint density at radius 2 is 2.00 bits per heavy atom. The van der Waals surface area contributed by atoms with Gasteiger partial charge < -0.3 is 13.7 Å². The van der Waals surface area contributed by atoms with Gasteiger partial charge in [0.25, 0.3) is 5.89 Å². The van der Waals surface area contributed by atoms with E-state index in [4.69, 9.17) is 25.3 Å². The fourth-order valence-corrected chi connectivity index (χ4v) is 3.16. The predicted molar refractivity (Wildman–Crippen MR) is 113 cm³/mol. The molecule has 0 saturated carbocycles. The summed E-state index contributed by atoms with van der Waals surface area (Å²) in [6.07, 6.45) is 2.61. The van der Waals surface area contributed by atoms with Crippen molar-refractivity contribution < 1.29 is 18.5 Å². The van der Waals surface area contributed by atoms with E-state index in [0.717, 1.165) is 0 Å². The van der Waals surface area contributed by atoms with E-state index < -0.39 is 5.63 Å². The van der Waals surface area contributed by atoms with Gasteiger partial charge in [-0.3, -0.25) is 9.78 Å². The molecule has 158 valence electrons. The molecule has 1 aromatic carbocycles. The van der Waals surface area contributed by atoms with E-state index in [9.17, 15) is 9.59 Å². The molecule has 4 rings (SSSR count). The molecule has 0 bridgehead atoms. The largest absolute Gasteiger partial charge is 0.461 e. The number of carbonyl (C=O) groups is 1. The lowest BCUT2D eigenvalue weighted by Gasteiger charge is -2.09. The predicted octanol–water partition coefficient (Wildman–Crippen LogP) is 4.71. The van der Waals surface area contributed by atoms with Crippen LogP contribution in [0.3, 0.4) is 0 Å². The first kappa shape index (κ1) is 20.7. The van der Waals surface area contributed by atoms with E-state index in [1.54, 1.807) is 43.5 Å². The van der Waals surface area contributed by atoms with E-state index in [2.05, 4.69) is 15.1 Å². The molecule has 4 aromatic rings. The van der Waals surface area contributed by atoms with Crippen molar-refractivity contribution in [1.29, 1.82) is 0 Å². The Morgan fingerprint density at radius 1 is 1.23 bits per heavy atom. The van der Waals surface area contributed by atoms with Gasteiger partial charge in [0, 0.05) is 34.2 Å². The van der Waals surface area contributed by atoms with Gasteiger partial charge in [-0.2, -0.15) is 4.98 Å². The molecule has 0 aliphatic heterocycles. The molecular formula is C22H18ClN3O5. The van der Waals surface area contributed by atoms with Crippen LogP contribution in [0.25, 0.3) is 33.8 Å². The molecule has 0 aliphatic carbocycles. The summed E-state index contributed by atoms with van der Waals surface area (Å²) in [7, 11) is 0. The maximum atomic E-state index is 12.6. The lowest BCUT2D eigenvalue weighted by atomic mass is 10.1. The zero-order valence-electron chi connectivity index (χ0n) is 16.8. The molecule has 0 atom stereocenters. The standard InChI is InChI=1S/C22H18ClN3O5/c1-3-4-18(27)29-11-14-10-24-12(2)19-16(14)9-17(22(28)30-19)21-25-20(26-31-21)13-5-7-15(23)8-6-13/h5-10H,3-4,11H2,1-2H3. The Bertz CT molecular complexity index is 1310. The fraction of sp³-hybridized carbons (Fsp3) is 0.227. The normalized spacial score (nSPS) is 11.1. The monoisotopic (exact) mass is 439 g/mol. The minimum Gasteiger partial charge on any atom is -0.461 e. The first-order chi connectivity index (χ1) is 15.0. The van der Waals surface area contributed by atoms with Gasteiger partial charge in [-0.1, -0.05) is 23.7 Å². The molecule has 3 heterocycles. The molecule has 0 radical (unpaired) electrons. The Labute approximate surface area is 181 Å². The molecular weight excluding hydrogens is 422 g/mol. The smallest absolute Gasteiger partial charge is 0.349 e. The number of rotatable bonds is 6. The molecule has 0 spiro atoms. The van der Waals surface area contributed by atoms with Crippen molar-refractivity contribution in [3.63, 3.8) is 0 Å². The molecule has 31 heavy (non-hydrogen) atoms. The van der Waals surface area contributed by atoms with E-state index in [1.165, 1.54) is 0 Å². The minimum atomic E-state index is -0.635. The first-order valence-electron chi connectivity index (χ1n) is 9.64. The average molecular weight is 440 g/mol. The number of benzene rings is 1. The van der Waals surface area contributed by atoms with Crippen LogP contribution in [0.5, 0.6) is 0 Å². The highest BCUT2D eigenvalue weighted by Crippen LogP contribution is 2.27. The Balaban J connectivity index is 1.74. The van der Waals surface area contributed by atoms with Crippen molar-refractivity contribution in [2.75, 3.05) is 0 Å². The lowest BCUT2D eigenvalue weighted by molar-refractivity contribution is -0.144. The highest BCUT2D eigenvalue weighted by molar-refractivity contribution is 6.30. The van der Waals surface area contributed by atoms with Gasteiger partial charge in [0.1, 0.15) is 12.2 Å². The summed E-state index contributed by atoms with van der Waals surface area (Å²) in [5.41, 5.74) is 1.61. The number of pyridine rings is 1. The van der Waals surface area contributed by atoms with Gasteiger partial charge in [-0.15, -0.1) is 0 Å². The van der Waals surface area contributed by atoms with E-state index in [0.29, 0.717) is 51.5 Å². The maximum Gasteiger partial charge on any atom is 0.349 e. The Hall–Kier alpha value is -3.52. The lowest BCUT2D eigenvalue weighted by Crippen LogP contribution is -2.07. The van der Waals surface area contributed by atoms with Gasteiger partial charge in [0.05, 0.1) is 5.69 Å². The number of esters is 1. The third kappa shape index (κ3) is 4.34. The molecule has 0 unspecified atom stereocenters. The quantitative estimate of drug-likeness (QED) is 0.397. The Morgan fingerprint density at radius 3 is 2.74 bits per heavy atom. The molecule has 0 aliphatic rings. The van der Waals surface area contributed by atoms with Crippen LogP contribution in [0.15, 0.2) is 50.3 Å². The summed E-state index contributed by atoms with van der Waals surface area (Å²) in [4.78, 5) is 32.9. The summed E-state index contributed by atoms with van der Waals surface area (Å²) >= 11 is 5.91. The second kappa shape index (κ2) is 8.69. The highest BCUT2D eigenvalue weighted by atomic mass is 35.5. The second-order valence-electron chi connectivity index (χ2n) is 6.90. The number of fused-ring (bicyclic) bond motifs is 1. The van der Waals surface area contributed by atoms with Crippen LogP contribution in [0.1, 0.15) is 31.0 Å². The van der Waals surface area contributed by atoms with Gasteiger partial charge >= 0.3 is 11.6 Å². The molecule has 9 heteroatoms. The summed E-state index contributed by atoms with van der Waals surface area (Å²) in [6.45, 7) is 3.63. The maximum absolute atomic E-state index is 12.6. The van der Waals surface area contributed by atoms with E-state index in [-0.39, 0.29) is 24.0 Å². The third-order valence-corrected chi connectivity index (χ3v) is 4.89. The molecule has 0 saturated heterocycles. The van der Waals surface area contributed by atoms with Gasteiger partial charge in [-0.05, 0) is 43.7 Å². The number of nitrogens with zero attached hydrogens (tertiary/aromatic N) is 3. The summed E-state index contributed by atoms with van der Waals surface area (Å²) in [5.74, 6) is 0.0214. The SMILES string of the molecule is CCCC(=O)OCc1cnc(C)c2oc(=O)c(-c3nc(-c4ccc(Cl)cc4)no3)cc12. The number of hydrogen-bond acceptors (Lipinski definition) is 8. The Kier molecular flexibility index (Phi) is 5.81. The van der Waals surface area contributed by atoms with Crippen LogP contribution in [-0.2, 0) is 16.1 Å². The number of carbonyl (C=O) groups excluding carboxylic acids is 1. The highest BCUT2D eigenvalue weighted by Gasteiger charge is 2.19. The fourth-order valence-electron chi connectivity index (χ4n) is 3.03. The van der Waals surface area contributed by atoms with E-state index >= 15 is 0 Å². The van der Waals surface area contributed by atoms with Gasteiger partial charge in [-0.25, -0.2) is 4.79 Å². The molecule has 3 aromatic heterocycles. The minimum absolute atomic E-state index is 0.00956. The van der Waals surface area contributed by atoms with Crippen molar-refractivity contribution in [3.05, 3.63) is 63.2 Å². The van der Waals surface area contributed by atoms with E-state index in [1.807, 2.05) is 6.92 Å². The molecule has 8 nitrogen and oxygen atoms in total. The summed E-state index contributed by atoms with van der Waals surface area (Å²) in [6, 6.07) is 8.51. The number of hydrogen-bond donors (Lipinski definition) is 0. The van der Waals surface area contributed by atoms with Crippen molar-refractivity contribution in [2.45, 2.75) is 33.3 Å². The number of halogens is 1. The van der Waals surface area contributed by atoms with Crippen LogP contribution in [0, 0.1) is 6.92 Å². The topological polar surface area (TPSA) is 108 Å². The van der Waals surface area contributed by atoms with Crippen molar-refractivity contribution >= 4 is 28.5 Å². The van der Waals surface area contributed by atoms with Gasteiger partial charge in [0.2, 0.25) is 5.82 Å². The number of ether oxygens (including phenoxy) is 1. The number of aromatic nitrogens is 3. The van der Waals surface area contributed by atoms with Crippen LogP contribution in [-0.4, -0.2) is 21.1 Å². The zero-order chi connectivity index (χ0) is 22.0. The van der Waals surface area contributed by atoms with Crippen molar-refractivity contribution in [2.24, 2.45) is 0 Å². The van der Waals surface area contributed by atoms with Crippen molar-refractivity contribution in [1.82, 2.24) is 15.1 Å². The average Bonchev–Trinajstić information content (AvgIpc) is 3.24. The zero-order valence-corrected chi connectivity index (χ0v) is 17.6. The van der Waals surface area contributed by atoms with Crippen LogP contribution < -0.4 is 5.63 Å². The number of aryl methyl sites for hydroxylation is 1. The third-order valence-electron chi connectivity index (χ3n) is 4.64. The summed E-state index contributed by atoms with van der Waals surface area (Å²) < 4.78 is 16.1. The second-order valence-corrected chi connectivity index (χ2v) is 7.34. The van der Waals surface area contributed by atoms with Gasteiger partial charge in [0.15, 0.2) is 5.58 Å². The first-order valence-corrected chi connectivity index (χ1v) is 10.0.